The lowest BCUT2D eigenvalue weighted by molar-refractivity contribution is -0.376. The van der Waals surface area contributed by atoms with Crippen LogP contribution in [0.5, 0.6) is 0 Å². The maximum Gasteiger partial charge on any atom is 0.364 e. The van der Waals surface area contributed by atoms with Crippen molar-refractivity contribution in [2.75, 3.05) is 33.0 Å². The molecule has 5 saturated heterocycles. The number of amides is 2. The fourth-order valence-electron chi connectivity index (χ4n) is 8.40. The van der Waals surface area contributed by atoms with Crippen molar-refractivity contribution in [1.82, 2.24) is 10.6 Å². The Labute approximate surface area is 384 Å². The van der Waals surface area contributed by atoms with Crippen molar-refractivity contribution in [2.45, 2.75) is 179 Å². The molecule has 5 aliphatic heterocycles. The largest absolute Gasteiger partial charge is 0.477 e. The van der Waals surface area contributed by atoms with Crippen LogP contribution >= 0.6 is 0 Å². The van der Waals surface area contributed by atoms with E-state index < -0.39 is 216 Å². The van der Waals surface area contributed by atoms with Crippen LogP contribution in [0.4, 0.5) is 0 Å². The normalized spacial score (nSPS) is 46.6. The van der Waals surface area contributed by atoms with Crippen LogP contribution in [0.3, 0.4) is 0 Å². The molecule has 0 aromatic heterocycles. The van der Waals surface area contributed by atoms with Crippen molar-refractivity contribution in [3.05, 3.63) is 0 Å². The van der Waals surface area contributed by atoms with Gasteiger partial charge in [0.1, 0.15) is 116 Å². The number of aliphatic hydroxyl groups excluding tert-OH is 16. The summed E-state index contributed by atoms with van der Waals surface area (Å²) in [6, 6.07) is -3.53. The summed E-state index contributed by atoms with van der Waals surface area (Å²) in [7, 11) is 0. The van der Waals surface area contributed by atoms with E-state index in [1.807, 2.05) is 0 Å². The SMILES string of the molecule is CC(=O)N[C@H]1[C@H](O[C@H]2[C@@H](O)[C@@H](CO)O[C@@H](O[C@H]3[C@H](O)[C@@H](O)C(O)O[C@@H]3CO)[C@@H]2O)O[C@H](CO[C@]2(C(=O)O)C[C@H](O[C@@H]3O[C@H](CO)[C@H](O)[C@H](O)[C@H]3O)[C@@H](NC(C)=O)[C@H]([C@H](O)[C@H](O)CO)O2)[C@@H](O)[C@@H]1O. The second-order valence-electron chi connectivity index (χ2n) is 16.9. The number of ether oxygens (including phenoxy) is 9. The zero-order valence-corrected chi connectivity index (χ0v) is 36.2. The average molecular weight is 999 g/mol. The Morgan fingerprint density at radius 1 is 0.588 bits per heavy atom. The molecular formula is C37H62N2O29. The first kappa shape index (κ1) is 56.3. The van der Waals surface area contributed by atoms with Crippen molar-refractivity contribution < 1.29 is 144 Å². The molecule has 0 aliphatic carbocycles. The highest BCUT2D eigenvalue weighted by molar-refractivity contribution is 5.76. The number of aliphatic hydroxyl groups is 16. The number of aliphatic carboxylic acids is 1. The molecule has 0 bridgehead atoms. The second kappa shape index (κ2) is 23.8. The lowest BCUT2D eigenvalue weighted by Gasteiger charge is -2.50. The Morgan fingerprint density at radius 3 is 1.68 bits per heavy atom. The van der Waals surface area contributed by atoms with Gasteiger partial charge in [-0.2, -0.15) is 0 Å². The fourth-order valence-corrected chi connectivity index (χ4v) is 8.40. The summed E-state index contributed by atoms with van der Waals surface area (Å²) >= 11 is 0. The van der Waals surface area contributed by atoms with Crippen LogP contribution in [0.1, 0.15) is 20.3 Å². The van der Waals surface area contributed by atoms with Crippen molar-refractivity contribution in [1.29, 1.82) is 0 Å². The third-order valence-electron chi connectivity index (χ3n) is 12.1. The Kier molecular flexibility index (Phi) is 19.7. The quantitative estimate of drug-likeness (QED) is 0.0606. The van der Waals surface area contributed by atoms with Gasteiger partial charge in [0.25, 0.3) is 5.79 Å². The highest BCUT2D eigenvalue weighted by Crippen LogP contribution is 2.39. The standard InChI is InChI=1S/C37H62N2O29/c1-9(44)38-17-12(62-34-27(55)24(52)20(48)13(5-41)63-34)3-37(36(58)59,68-30(17)19(47)11(46)4-40)60-8-16-21(49)23(51)18(39-10(2)45)33(65-16)67-31-22(50)14(6-42)64-35(28(31)56)66-29-15(7-43)61-32(57)26(54)25(29)53/h11-35,40-43,46-57H,3-8H2,1-2H3,(H,38,44)(H,39,45)(H,58,59)/t11-,12+,13-,14-,15-,16-,17-,18-,19-,20+,21-,22+,23-,24+,25-,26-,27-,28-,29-,30-,31+,32?,33+,34-,35+,37-/m1/s1. The summed E-state index contributed by atoms with van der Waals surface area (Å²) in [5.41, 5.74) is 0. The lowest BCUT2D eigenvalue weighted by atomic mass is 9.88. The topological polar surface area (TPSA) is 502 Å². The molecule has 1 unspecified atom stereocenters. The van der Waals surface area contributed by atoms with Crippen LogP contribution in [0.25, 0.3) is 0 Å². The third kappa shape index (κ3) is 12.0. The average Bonchev–Trinajstić information content (AvgIpc) is 3.30. The number of hydrogen-bond acceptors (Lipinski definition) is 28. The molecule has 31 nitrogen and oxygen atoms in total. The van der Waals surface area contributed by atoms with Crippen molar-refractivity contribution in [2.24, 2.45) is 0 Å². The number of carboxylic acids is 1. The van der Waals surface area contributed by atoms with Crippen molar-refractivity contribution in [3.8, 4) is 0 Å². The van der Waals surface area contributed by atoms with Crippen LogP contribution < -0.4 is 10.6 Å². The monoisotopic (exact) mass is 998 g/mol. The van der Waals surface area contributed by atoms with Gasteiger partial charge in [-0.1, -0.05) is 0 Å². The highest BCUT2D eigenvalue weighted by atomic mass is 16.8. The summed E-state index contributed by atoms with van der Waals surface area (Å²) < 4.78 is 50.6. The Hall–Kier alpha value is -2.59. The highest BCUT2D eigenvalue weighted by Gasteiger charge is 2.60. The smallest absolute Gasteiger partial charge is 0.364 e. The summed E-state index contributed by atoms with van der Waals surface area (Å²) in [5.74, 6) is -6.92. The second-order valence-corrected chi connectivity index (χ2v) is 16.9. The van der Waals surface area contributed by atoms with E-state index in [4.69, 9.17) is 42.6 Å². The first-order valence-electron chi connectivity index (χ1n) is 21.2. The van der Waals surface area contributed by atoms with Gasteiger partial charge >= 0.3 is 5.97 Å². The van der Waals surface area contributed by atoms with Gasteiger partial charge in [0.2, 0.25) is 11.8 Å². The number of hydrogen-bond donors (Lipinski definition) is 19. The number of carbonyl (C=O) groups is 3. The maximum atomic E-state index is 13.3. The maximum absolute atomic E-state index is 13.3. The predicted octanol–water partition coefficient (Wildman–Crippen LogP) is -12.4. The molecule has 5 aliphatic rings. The van der Waals surface area contributed by atoms with Crippen molar-refractivity contribution in [3.63, 3.8) is 0 Å². The molecule has 0 spiro atoms. The minimum atomic E-state index is -3.14. The fraction of sp³-hybridized carbons (Fsp3) is 0.919. The van der Waals surface area contributed by atoms with Gasteiger partial charge in [0, 0.05) is 20.3 Å². The van der Waals surface area contributed by atoms with Crippen LogP contribution in [-0.2, 0) is 57.0 Å². The van der Waals surface area contributed by atoms with Crippen LogP contribution in [-0.4, -0.2) is 297 Å². The Morgan fingerprint density at radius 2 is 1.12 bits per heavy atom. The van der Waals surface area contributed by atoms with Gasteiger partial charge in [-0.05, 0) is 0 Å². The molecule has 68 heavy (non-hydrogen) atoms. The third-order valence-corrected chi connectivity index (χ3v) is 12.1. The predicted molar refractivity (Wildman–Crippen MR) is 207 cm³/mol. The minimum absolute atomic E-state index is 0.869. The van der Waals surface area contributed by atoms with Gasteiger partial charge in [-0.15, -0.1) is 0 Å². The van der Waals surface area contributed by atoms with Gasteiger partial charge in [0.15, 0.2) is 25.2 Å². The number of rotatable bonds is 18. The molecule has 5 fully saturated rings. The van der Waals surface area contributed by atoms with E-state index in [0.717, 1.165) is 13.8 Å². The van der Waals surface area contributed by atoms with Gasteiger partial charge in [-0.3, -0.25) is 9.59 Å². The van der Waals surface area contributed by atoms with E-state index in [2.05, 4.69) is 10.6 Å². The van der Waals surface area contributed by atoms with Gasteiger partial charge in [0.05, 0.1) is 45.2 Å². The molecule has 394 valence electrons. The molecule has 2 amide bonds. The van der Waals surface area contributed by atoms with Crippen LogP contribution in [0, 0.1) is 0 Å². The molecule has 0 radical (unpaired) electrons. The number of carboxylic acid groups (broad SMARTS) is 1. The molecule has 19 N–H and O–H groups in total. The summed E-state index contributed by atoms with van der Waals surface area (Å²) in [5, 5.41) is 184. The van der Waals surface area contributed by atoms with Gasteiger partial charge in [-0.25, -0.2) is 4.79 Å². The van der Waals surface area contributed by atoms with Crippen LogP contribution in [0.15, 0.2) is 0 Å². The summed E-state index contributed by atoms with van der Waals surface area (Å²) in [6.45, 7) is -3.26. The van der Waals surface area contributed by atoms with E-state index in [0.29, 0.717) is 0 Å². The van der Waals surface area contributed by atoms with E-state index in [1.54, 1.807) is 0 Å². The van der Waals surface area contributed by atoms with Crippen molar-refractivity contribution >= 4 is 17.8 Å². The summed E-state index contributed by atoms with van der Waals surface area (Å²) in [6.07, 6.45) is -46.7. The van der Waals surface area contributed by atoms with E-state index in [1.165, 1.54) is 0 Å². The Balaban J connectivity index is 1.45. The first-order valence-corrected chi connectivity index (χ1v) is 21.2. The van der Waals surface area contributed by atoms with Gasteiger partial charge < -0.3 is 140 Å². The molecule has 5 rings (SSSR count). The molecule has 5 heterocycles. The minimum Gasteiger partial charge on any atom is -0.477 e. The Bertz CT molecular complexity index is 1650. The molecule has 0 aromatic carbocycles. The zero-order valence-electron chi connectivity index (χ0n) is 36.2. The summed E-state index contributed by atoms with van der Waals surface area (Å²) in [4.78, 5) is 38.1. The van der Waals surface area contributed by atoms with E-state index in [-0.39, 0.29) is 0 Å². The van der Waals surface area contributed by atoms with Crippen LogP contribution in [0.2, 0.25) is 0 Å². The zero-order chi connectivity index (χ0) is 50.7. The molecule has 26 atom stereocenters. The number of nitrogens with one attached hydrogen (secondary N) is 2. The molecule has 0 saturated carbocycles. The molecule has 0 aromatic rings. The molecular weight excluding hydrogens is 936 g/mol. The lowest BCUT2D eigenvalue weighted by Crippen LogP contribution is -2.70. The van der Waals surface area contributed by atoms with E-state index >= 15 is 0 Å². The van der Waals surface area contributed by atoms with E-state index in [9.17, 15) is 101 Å². The first-order chi connectivity index (χ1) is 31.9. The molecule has 31 heteroatoms. The number of carbonyl (C=O) groups excluding carboxylic acids is 2.